The third-order valence-corrected chi connectivity index (χ3v) is 8.99. The molecule has 4 heterocycles. The topological polar surface area (TPSA) is 48.8 Å². The van der Waals surface area contributed by atoms with Gasteiger partial charge in [0, 0.05) is 49.8 Å². The van der Waals surface area contributed by atoms with Crippen LogP contribution < -0.4 is 0 Å². The highest BCUT2D eigenvalue weighted by molar-refractivity contribution is 6.26. The number of rotatable bonds is 3. The summed E-state index contributed by atoms with van der Waals surface area (Å²) in [6.45, 7) is 0. The van der Waals surface area contributed by atoms with Gasteiger partial charge in [0.25, 0.3) is 0 Å². The molecule has 0 amide bonds. The predicted molar refractivity (Wildman–Crippen MR) is 183 cm³/mol. The fourth-order valence-electron chi connectivity index (χ4n) is 7.08. The molecule has 0 atom stereocenters. The van der Waals surface area contributed by atoms with Crippen LogP contribution in [0.4, 0.5) is 0 Å². The number of fused-ring (bicyclic) bond motifs is 10. The molecule has 10 rings (SSSR count). The van der Waals surface area contributed by atoms with Gasteiger partial charge in [0.1, 0.15) is 17.0 Å². The molecule has 0 radical (unpaired) electrons. The summed E-state index contributed by atoms with van der Waals surface area (Å²) in [5.74, 6) is 1.50. The molecule has 0 fully saturated rings. The van der Waals surface area contributed by atoms with Crippen LogP contribution in [0.3, 0.4) is 0 Å². The second-order valence-electron chi connectivity index (χ2n) is 11.4. The van der Waals surface area contributed by atoms with Crippen molar-refractivity contribution in [3.05, 3.63) is 146 Å². The van der Waals surface area contributed by atoms with Crippen molar-refractivity contribution in [1.29, 1.82) is 0 Å². The number of para-hydroxylation sites is 4. The van der Waals surface area contributed by atoms with Crippen molar-refractivity contribution >= 4 is 65.6 Å². The summed E-state index contributed by atoms with van der Waals surface area (Å²) in [5, 5.41) is 7.01. The highest BCUT2D eigenvalue weighted by atomic mass is 16.3. The zero-order valence-electron chi connectivity index (χ0n) is 24.1. The minimum atomic E-state index is 0.671. The molecule has 5 nitrogen and oxygen atoms in total. The first-order valence-electron chi connectivity index (χ1n) is 15.1. The number of hydrogen-bond acceptors (Lipinski definition) is 3. The quantitative estimate of drug-likeness (QED) is 0.210. The van der Waals surface area contributed by atoms with E-state index in [-0.39, 0.29) is 0 Å². The summed E-state index contributed by atoms with van der Waals surface area (Å²) in [4.78, 5) is 9.90. The van der Waals surface area contributed by atoms with Crippen LogP contribution >= 0.6 is 0 Å². The van der Waals surface area contributed by atoms with Crippen LogP contribution in [0.25, 0.3) is 88.4 Å². The standard InChI is InChI=1S/C40H24N4O/c1-2-10-26(11-3-1)43-32-15-7-4-12-27(32)29-19-20-34-38(39(29)43)30-14-5-8-16-33(30)44(34)37-22-23-41-40(42-37)25-18-21-36-31(24-25)28-13-6-9-17-35(28)45-36/h1-24H. The zero-order valence-corrected chi connectivity index (χ0v) is 24.1. The number of aromatic nitrogens is 4. The normalized spacial score (nSPS) is 12.0. The Labute approximate surface area is 257 Å². The molecule has 5 heteroatoms. The number of furan rings is 1. The van der Waals surface area contributed by atoms with Crippen molar-refractivity contribution in [3.8, 4) is 22.9 Å². The van der Waals surface area contributed by atoms with Gasteiger partial charge in [-0.3, -0.25) is 4.57 Å². The van der Waals surface area contributed by atoms with Crippen molar-refractivity contribution in [3.63, 3.8) is 0 Å². The molecule has 10 aromatic rings. The molecule has 0 saturated carbocycles. The Morgan fingerprint density at radius 3 is 2.07 bits per heavy atom. The van der Waals surface area contributed by atoms with Gasteiger partial charge < -0.3 is 8.98 Å². The summed E-state index contributed by atoms with van der Waals surface area (Å²) in [7, 11) is 0. The lowest BCUT2D eigenvalue weighted by atomic mass is 10.1. The van der Waals surface area contributed by atoms with Crippen LogP contribution in [-0.2, 0) is 0 Å². The van der Waals surface area contributed by atoms with Gasteiger partial charge in [-0.25, -0.2) is 9.97 Å². The van der Waals surface area contributed by atoms with Crippen LogP contribution in [0.5, 0.6) is 0 Å². The fourth-order valence-corrected chi connectivity index (χ4v) is 7.08. The van der Waals surface area contributed by atoms with E-state index in [9.17, 15) is 0 Å². The molecule has 4 aromatic heterocycles. The molecule has 45 heavy (non-hydrogen) atoms. The van der Waals surface area contributed by atoms with Crippen molar-refractivity contribution in [2.45, 2.75) is 0 Å². The van der Waals surface area contributed by atoms with Crippen LogP contribution in [0.15, 0.2) is 150 Å². The van der Waals surface area contributed by atoms with Gasteiger partial charge in [0.15, 0.2) is 5.82 Å². The lowest BCUT2D eigenvalue weighted by molar-refractivity contribution is 0.669. The Balaban J connectivity index is 1.26. The van der Waals surface area contributed by atoms with Gasteiger partial charge in [0.05, 0.1) is 22.1 Å². The van der Waals surface area contributed by atoms with E-state index >= 15 is 0 Å². The average Bonchev–Trinajstić information content (AvgIpc) is 3.76. The first kappa shape index (κ1) is 24.3. The van der Waals surface area contributed by atoms with Crippen molar-refractivity contribution in [1.82, 2.24) is 19.1 Å². The van der Waals surface area contributed by atoms with E-state index in [4.69, 9.17) is 14.4 Å². The number of hydrogen-bond donors (Lipinski definition) is 0. The summed E-state index contributed by atoms with van der Waals surface area (Å²) in [5.41, 5.74) is 8.41. The van der Waals surface area contributed by atoms with E-state index in [1.807, 2.05) is 42.6 Å². The minimum Gasteiger partial charge on any atom is -0.456 e. The van der Waals surface area contributed by atoms with E-state index in [0.717, 1.165) is 50.0 Å². The SMILES string of the molecule is c1ccc(-n2c3ccccc3c3ccc4c(c5ccccc5n4-c4ccnc(-c5ccc6oc7ccccc7c6c5)n4)c32)cc1. The first-order valence-corrected chi connectivity index (χ1v) is 15.1. The lowest BCUT2D eigenvalue weighted by Gasteiger charge is -2.10. The average molecular weight is 577 g/mol. The van der Waals surface area contributed by atoms with Crippen LogP contribution in [0, 0.1) is 0 Å². The maximum absolute atomic E-state index is 6.07. The molecular weight excluding hydrogens is 552 g/mol. The molecule has 0 aliphatic rings. The summed E-state index contributed by atoms with van der Waals surface area (Å²) in [6.07, 6.45) is 1.86. The Kier molecular flexibility index (Phi) is 4.93. The fraction of sp³-hybridized carbons (Fsp3) is 0. The predicted octanol–water partition coefficient (Wildman–Crippen LogP) is 10.2. The monoisotopic (exact) mass is 576 g/mol. The van der Waals surface area contributed by atoms with Crippen molar-refractivity contribution in [2.75, 3.05) is 0 Å². The van der Waals surface area contributed by atoms with E-state index in [1.165, 1.54) is 32.6 Å². The molecule has 0 N–H and O–H groups in total. The third-order valence-electron chi connectivity index (χ3n) is 8.99. The van der Waals surface area contributed by atoms with Gasteiger partial charge in [-0.1, -0.05) is 78.9 Å². The van der Waals surface area contributed by atoms with Crippen LogP contribution in [0.1, 0.15) is 0 Å². The van der Waals surface area contributed by atoms with E-state index in [0.29, 0.717) is 5.82 Å². The first-order chi connectivity index (χ1) is 22.3. The Bertz CT molecular complexity index is 2770. The van der Waals surface area contributed by atoms with Gasteiger partial charge in [-0.2, -0.15) is 0 Å². The Morgan fingerprint density at radius 1 is 0.489 bits per heavy atom. The molecule has 0 aliphatic heterocycles. The maximum Gasteiger partial charge on any atom is 0.161 e. The van der Waals surface area contributed by atoms with Crippen LogP contribution in [-0.4, -0.2) is 19.1 Å². The largest absolute Gasteiger partial charge is 0.456 e. The second kappa shape index (κ2) is 9.15. The molecule has 0 unspecified atom stereocenters. The second-order valence-corrected chi connectivity index (χ2v) is 11.4. The highest BCUT2D eigenvalue weighted by Gasteiger charge is 2.21. The zero-order chi connectivity index (χ0) is 29.5. The van der Waals surface area contributed by atoms with Crippen LogP contribution in [0.2, 0.25) is 0 Å². The van der Waals surface area contributed by atoms with E-state index in [1.54, 1.807) is 0 Å². The van der Waals surface area contributed by atoms with Gasteiger partial charge in [0.2, 0.25) is 0 Å². The van der Waals surface area contributed by atoms with Crippen molar-refractivity contribution in [2.24, 2.45) is 0 Å². The highest BCUT2D eigenvalue weighted by Crippen LogP contribution is 2.42. The summed E-state index contributed by atoms with van der Waals surface area (Å²) in [6, 6.07) is 48.8. The minimum absolute atomic E-state index is 0.671. The lowest BCUT2D eigenvalue weighted by Crippen LogP contribution is -2.00. The molecule has 0 saturated heterocycles. The van der Waals surface area contributed by atoms with Gasteiger partial charge >= 0.3 is 0 Å². The van der Waals surface area contributed by atoms with E-state index < -0.39 is 0 Å². The van der Waals surface area contributed by atoms with Gasteiger partial charge in [-0.15, -0.1) is 0 Å². The van der Waals surface area contributed by atoms with E-state index in [2.05, 4.69) is 112 Å². The number of nitrogens with zero attached hydrogens (tertiary/aromatic N) is 4. The summed E-state index contributed by atoms with van der Waals surface area (Å²) >= 11 is 0. The molecular formula is C40H24N4O. The maximum atomic E-state index is 6.07. The Morgan fingerprint density at radius 2 is 1.20 bits per heavy atom. The van der Waals surface area contributed by atoms with Crippen molar-refractivity contribution < 1.29 is 4.42 Å². The Hall–Kier alpha value is -6.20. The third kappa shape index (κ3) is 3.43. The molecule has 6 aromatic carbocycles. The number of benzene rings is 6. The smallest absolute Gasteiger partial charge is 0.161 e. The summed E-state index contributed by atoms with van der Waals surface area (Å²) < 4.78 is 10.7. The van der Waals surface area contributed by atoms with Gasteiger partial charge in [-0.05, 0) is 60.7 Å². The molecule has 210 valence electrons. The molecule has 0 spiro atoms. The molecule has 0 aliphatic carbocycles. The molecule has 0 bridgehead atoms.